The van der Waals surface area contributed by atoms with Crippen LogP contribution in [0.5, 0.6) is 0 Å². The zero-order chi connectivity index (χ0) is 29.1. The third-order valence-corrected chi connectivity index (χ3v) is 9.85. The summed E-state index contributed by atoms with van der Waals surface area (Å²) in [7, 11) is 4.42. The molecule has 0 bridgehead atoms. The van der Waals surface area contributed by atoms with E-state index in [1.54, 1.807) is 0 Å². The van der Waals surface area contributed by atoms with E-state index in [2.05, 4.69) is 98.0 Å². The van der Waals surface area contributed by atoms with Gasteiger partial charge in [0.25, 0.3) is 0 Å². The quantitative estimate of drug-likeness (QED) is 0.0929. The van der Waals surface area contributed by atoms with Gasteiger partial charge in [0.2, 0.25) is 0 Å². The fourth-order valence-electron chi connectivity index (χ4n) is 7.58. The molecule has 0 atom stereocenters. The van der Waals surface area contributed by atoms with Crippen molar-refractivity contribution in [3.05, 3.63) is 72.1 Å². The number of hydrogen-bond acceptors (Lipinski definition) is 0. The van der Waals surface area contributed by atoms with Gasteiger partial charge in [0.1, 0.15) is 0 Å². The standard InChI is InChI=1S/C40H50N2/c1-5-7-9-11-13-15-17-29-27-41(3)37-25-23-33-31-20-22-36-34(32(31)19-21-35(33)39(29)37)24-26-38-40(36)30(28-42(38)4)18-16-14-12-10-8-6-2/h19-28H,5-18H2,1-4H3. The van der Waals surface area contributed by atoms with Gasteiger partial charge in [0.15, 0.2) is 0 Å². The fraction of sp³-hybridized carbons (Fsp3) is 0.450. The van der Waals surface area contributed by atoms with Gasteiger partial charge >= 0.3 is 0 Å². The fourth-order valence-corrected chi connectivity index (χ4v) is 7.58. The second-order valence-electron chi connectivity index (χ2n) is 12.9. The van der Waals surface area contributed by atoms with Crippen LogP contribution in [0.25, 0.3) is 54.1 Å². The summed E-state index contributed by atoms with van der Waals surface area (Å²) in [5.74, 6) is 0. The molecule has 0 aliphatic rings. The lowest BCUT2D eigenvalue weighted by atomic mass is 9.92. The average molecular weight is 559 g/mol. The highest BCUT2D eigenvalue weighted by molar-refractivity contribution is 6.25. The van der Waals surface area contributed by atoms with Gasteiger partial charge < -0.3 is 9.13 Å². The van der Waals surface area contributed by atoms with Gasteiger partial charge in [-0.3, -0.25) is 0 Å². The van der Waals surface area contributed by atoms with Crippen molar-refractivity contribution in [2.45, 2.75) is 104 Å². The first-order chi connectivity index (χ1) is 20.6. The third kappa shape index (κ3) is 5.46. The van der Waals surface area contributed by atoms with E-state index in [4.69, 9.17) is 0 Å². The van der Waals surface area contributed by atoms with Gasteiger partial charge in [-0.1, -0.05) is 114 Å². The smallest absolute Gasteiger partial charge is 0.0487 e. The van der Waals surface area contributed by atoms with Gasteiger partial charge in [0.05, 0.1) is 0 Å². The Balaban J connectivity index is 1.37. The Bertz CT molecular complexity index is 1690. The summed E-state index contributed by atoms with van der Waals surface area (Å²) in [6.07, 6.45) is 23.2. The maximum absolute atomic E-state index is 2.41. The van der Waals surface area contributed by atoms with Crippen molar-refractivity contribution in [1.29, 1.82) is 0 Å². The molecule has 0 aliphatic heterocycles. The number of aryl methyl sites for hydroxylation is 4. The molecule has 0 aliphatic carbocycles. The zero-order valence-electron chi connectivity index (χ0n) is 26.6. The number of hydrogen-bond donors (Lipinski definition) is 0. The van der Waals surface area contributed by atoms with Crippen LogP contribution in [0, 0.1) is 0 Å². The van der Waals surface area contributed by atoms with Gasteiger partial charge in [-0.25, -0.2) is 0 Å². The van der Waals surface area contributed by atoms with Crippen LogP contribution in [0.3, 0.4) is 0 Å². The monoisotopic (exact) mass is 558 g/mol. The second kappa shape index (κ2) is 12.9. The molecule has 2 heteroatoms. The molecule has 6 rings (SSSR count). The normalized spacial score (nSPS) is 12.2. The minimum absolute atomic E-state index is 1.17. The van der Waals surface area contributed by atoms with E-state index in [0.717, 1.165) is 0 Å². The summed E-state index contributed by atoms with van der Waals surface area (Å²) < 4.78 is 4.67. The Kier molecular flexibility index (Phi) is 8.89. The molecule has 220 valence electrons. The van der Waals surface area contributed by atoms with E-state index >= 15 is 0 Å². The van der Waals surface area contributed by atoms with Crippen LogP contribution >= 0.6 is 0 Å². The molecule has 6 aromatic rings. The highest BCUT2D eigenvalue weighted by atomic mass is 14.9. The predicted octanol–water partition coefficient (Wildman–Crippen LogP) is 11.9. The van der Waals surface area contributed by atoms with E-state index in [9.17, 15) is 0 Å². The molecule has 0 spiro atoms. The molecule has 0 N–H and O–H groups in total. The summed E-state index contributed by atoms with van der Waals surface area (Å²) in [6, 6.07) is 19.1. The van der Waals surface area contributed by atoms with Crippen LogP contribution in [0.2, 0.25) is 0 Å². The number of nitrogens with zero attached hydrogens (tertiary/aromatic N) is 2. The molecule has 2 nitrogen and oxygen atoms in total. The Hall–Kier alpha value is -3.26. The van der Waals surface area contributed by atoms with E-state index in [0.29, 0.717) is 0 Å². The molecule has 4 aromatic carbocycles. The summed E-state index contributed by atoms with van der Waals surface area (Å²) in [5, 5.41) is 11.3. The van der Waals surface area contributed by atoms with Crippen LogP contribution in [0.1, 0.15) is 102 Å². The van der Waals surface area contributed by atoms with Gasteiger partial charge in [-0.05, 0) is 81.3 Å². The number of rotatable bonds is 14. The van der Waals surface area contributed by atoms with Crippen molar-refractivity contribution >= 4 is 54.1 Å². The Morgan fingerprint density at radius 3 is 1.17 bits per heavy atom. The minimum atomic E-state index is 1.17. The molecule has 0 saturated heterocycles. The van der Waals surface area contributed by atoms with E-state index in [1.165, 1.54) is 155 Å². The van der Waals surface area contributed by atoms with Crippen LogP contribution in [-0.4, -0.2) is 9.13 Å². The van der Waals surface area contributed by atoms with Crippen molar-refractivity contribution in [3.63, 3.8) is 0 Å². The maximum Gasteiger partial charge on any atom is 0.0487 e. The van der Waals surface area contributed by atoms with Crippen molar-refractivity contribution in [2.75, 3.05) is 0 Å². The Labute approximate surface area is 252 Å². The van der Waals surface area contributed by atoms with Crippen molar-refractivity contribution in [2.24, 2.45) is 14.1 Å². The summed E-state index contributed by atoms with van der Waals surface area (Å²) >= 11 is 0. The summed E-state index contributed by atoms with van der Waals surface area (Å²) in [5.41, 5.74) is 5.74. The van der Waals surface area contributed by atoms with E-state index in [-0.39, 0.29) is 0 Å². The first kappa shape index (κ1) is 28.8. The molecule has 0 radical (unpaired) electrons. The lowest BCUT2D eigenvalue weighted by Crippen LogP contribution is -1.88. The van der Waals surface area contributed by atoms with Gasteiger partial charge in [0, 0.05) is 48.3 Å². The van der Waals surface area contributed by atoms with Gasteiger partial charge in [-0.2, -0.15) is 0 Å². The van der Waals surface area contributed by atoms with E-state index < -0.39 is 0 Å². The van der Waals surface area contributed by atoms with Crippen molar-refractivity contribution in [1.82, 2.24) is 9.13 Å². The van der Waals surface area contributed by atoms with Crippen molar-refractivity contribution < 1.29 is 0 Å². The summed E-state index contributed by atoms with van der Waals surface area (Å²) in [4.78, 5) is 0. The minimum Gasteiger partial charge on any atom is -0.350 e. The van der Waals surface area contributed by atoms with Crippen LogP contribution in [0.4, 0.5) is 0 Å². The van der Waals surface area contributed by atoms with Crippen LogP contribution in [-0.2, 0) is 26.9 Å². The zero-order valence-corrected chi connectivity index (χ0v) is 26.6. The molecular weight excluding hydrogens is 508 g/mol. The Morgan fingerprint density at radius 2 is 0.738 bits per heavy atom. The van der Waals surface area contributed by atoms with Gasteiger partial charge in [-0.15, -0.1) is 0 Å². The number of fused-ring (bicyclic) bond motifs is 9. The van der Waals surface area contributed by atoms with Crippen molar-refractivity contribution in [3.8, 4) is 0 Å². The molecular formula is C40H50N2. The molecule has 2 aromatic heterocycles. The average Bonchev–Trinajstić information content (AvgIpc) is 3.51. The molecule has 0 fully saturated rings. The number of aromatic nitrogens is 2. The maximum atomic E-state index is 2.41. The lowest BCUT2D eigenvalue weighted by molar-refractivity contribution is 0.608. The summed E-state index contributed by atoms with van der Waals surface area (Å²) in [6.45, 7) is 4.59. The molecule has 0 unspecified atom stereocenters. The largest absolute Gasteiger partial charge is 0.350 e. The highest BCUT2D eigenvalue weighted by Gasteiger charge is 2.15. The molecule has 0 saturated carbocycles. The third-order valence-electron chi connectivity index (χ3n) is 9.85. The second-order valence-corrected chi connectivity index (χ2v) is 12.9. The number of unbranched alkanes of at least 4 members (excludes halogenated alkanes) is 10. The van der Waals surface area contributed by atoms with E-state index in [1.807, 2.05) is 0 Å². The first-order valence-electron chi connectivity index (χ1n) is 16.9. The molecule has 42 heavy (non-hydrogen) atoms. The van der Waals surface area contributed by atoms with Crippen LogP contribution in [0.15, 0.2) is 60.9 Å². The highest BCUT2D eigenvalue weighted by Crippen LogP contribution is 2.39. The SMILES string of the molecule is CCCCCCCCc1cn(C)c2ccc3c4ccc5c(ccc6c5c(CCCCCCCC)cn6C)c4ccc3c12. The lowest BCUT2D eigenvalue weighted by Gasteiger charge is -2.11. The molecule has 2 heterocycles. The first-order valence-corrected chi connectivity index (χ1v) is 16.9. The Morgan fingerprint density at radius 1 is 0.405 bits per heavy atom. The topological polar surface area (TPSA) is 9.86 Å². The predicted molar refractivity (Wildman–Crippen MR) is 186 cm³/mol. The molecule has 0 amide bonds. The number of benzene rings is 4. The van der Waals surface area contributed by atoms with Crippen LogP contribution < -0.4 is 0 Å².